The van der Waals surface area contributed by atoms with Crippen LogP contribution in [0.3, 0.4) is 0 Å². The molecule has 11 heteroatoms. The van der Waals surface area contributed by atoms with E-state index in [-0.39, 0.29) is 35.6 Å². The number of Topliss-reactive ketones (excluding diaryl/α,β-unsaturated/α-hetero) is 1. The van der Waals surface area contributed by atoms with Gasteiger partial charge in [0.25, 0.3) is 11.8 Å². The Balaban J connectivity index is 1.28. The van der Waals surface area contributed by atoms with Crippen molar-refractivity contribution in [1.29, 1.82) is 0 Å². The number of amides is 3. The number of carbonyl (C=O) groups is 4. The SMILES string of the molecule is CC(C)CC(NC(=O)c1ccc(N2CCNCC2)cc1)C(=O)N1CCC2C1C(=O)CN2C(=O)c1cc[nH]c(=O)c1. The number of fused-ring (bicyclic) bond motifs is 1. The molecule has 3 unspecified atom stereocenters. The molecule has 0 aliphatic carbocycles. The number of carbonyl (C=O) groups excluding carboxylic acids is 4. The van der Waals surface area contributed by atoms with Gasteiger partial charge in [-0.2, -0.15) is 0 Å². The predicted molar refractivity (Wildman–Crippen MR) is 149 cm³/mol. The summed E-state index contributed by atoms with van der Waals surface area (Å²) in [6, 6.07) is 8.08. The zero-order valence-corrected chi connectivity index (χ0v) is 22.9. The van der Waals surface area contributed by atoms with E-state index in [1.807, 2.05) is 26.0 Å². The van der Waals surface area contributed by atoms with Crippen LogP contribution in [0.2, 0.25) is 0 Å². The highest BCUT2D eigenvalue weighted by Gasteiger charge is 2.52. The van der Waals surface area contributed by atoms with Crippen LogP contribution in [-0.4, -0.2) is 95.7 Å². The van der Waals surface area contributed by atoms with Crippen molar-refractivity contribution in [2.24, 2.45) is 5.92 Å². The maximum atomic E-state index is 13.8. The summed E-state index contributed by atoms with van der Waals surface area (Å²) in [6.45, 7) is 7.78. The summed E-state index contributed by atoms with van der Waals surface area (Å²) in [4.78, 5) is 72.6. The number of anilines is 1. The predicted octanol–water partition coefficient (Wildman–Crippen LogP) is 0.624. The molecule has 3 fully saturated rings. The summed E-state index contributed by atoms with van der Waals surface area (Å²) in [7, 11) is 0. The molecule has 40 heavy (non-hydrogen) atoms. The van der Waals surface area contributed by atoms with Gasteiger partial charge in [-0.3, -0.25) is 24.0 Å². The lowest BCUT2D eigenvalue weighted by Crippen LogP contribution is -2.53. The quantitative estimate of drug-likeness (QED) is 0.462. The smallest absolute Gasteiger partial charge is 0.254 e. The molecule has 3 saturated heterocycles. The van der Waals surface area contributed by atoms with Crippen molar-refractivity contribution in [3.05, 3.63) is 64.1 Å². The van der Waals surface area contributed by atoms with Crippen molar-refractivity contribution in [2.75, 3.05) is 44.2 Å². The molecular formula is C29H36N6O5. The standard InChI is InChI=1S/C29H36N6O5/c1-18(2)15-22(32-27(38)19-3-5-21(6-4-19)33-13-10-30-11-14-33)29(40)34-12-8-23-26(34)24(36)17-35(23)28(39)20-7-9-31-25(37)16-20/h3-7,9,16,18,22-23,26,30H,8,10-15,17H2,1-2H3,(H,31,37)(H,32,38). The molecule has 4 heterocycles. The molecule has 0 bridgehead atoms. The first kappa shape index (κ1) is 27.6. The van der Waals surface area contributed by atoms with Gasteiger partial charge in [0.15, 0.2) is 5.78 Å². The fourth-order valence-electron chi connectivity index (χ4n) is 5.96. The summed E-state index contributed by atoms with van der Waals surface area (Å²) in [6.07, 6.45) is 2.27. The summed E-state index contributed by atoms with van der Waals surface area (Å²) >= 11 is 0. The third kappa shape index (κ3) is 5.65. The monoisotopic (exact) mass is 548 g/mol. The number of hydrogen-bond donors (Lipinski definition) is 3. The summed E-state index contributed by atoms with van der Waals surface area (Å²) < 4.78 is 0. The Morgan fingerprint density at radius 3 is 2.38 bits per heavy atom. The third-order valence-electron chi connectivity index (χ3n) is 7.91. The average Bonchev–Trinajstić information content (AvgIpc) is 3.53. The summed E-state index contributed by atoms with van der Waals surface area (Å²) in [5.41, 5.74) is 1.32. The average molecular weight is 549 g/mol. The lowest BCUT2D eigenvalue weighted by atomic mass is 10.0. The van der Waals surface area contributed by atoms with Crippen LogP contribution < -0.4 is 21.1 Å². The molecule has 1 aromatic heterocycles. The number of H-pyrrole nitrogens is 1. The molecule has 0 radical (unpaired) electrons. The minimum absolute atomic E-state index is 0.120. The molecule has 1 aromatic carbocycles. The van der Waals surface area contributed by atoms with E-state index >= 15 is 0 Å². The van der Waals surface area contributed by atoms with Crippen LogP contribution >= 0.6 is 0 Å². The molecule has 0 saturated carbocycles. The number of hydrogen-bond acceptors (Lipinski definition) is 7. The lowest BCUT2D eigenvalue weighted by Gasteiger charge is -2.30. The Kier molecular flexibility index (Phi) is 8.02. The number of likely N-dealkylation sites (tertiary alicyclic amines) is 2. The zero-order valence-electron chi connectivity index (χ0n) is 22.9. The van der Waals surface area contributed by atoms with Crippen LogP contribution in [0.1, 0.15) is 47.4 Å². The minimum atomic E-state index is -0.802. The number of nitrogens with zero attached hydrogens (tertiary/aromatic N) is 3. The number of piperazine rings is 1. The van der Waals surface area contributed by atoms with Crippen LogP contribution in [0.4, 0.5) is 5.69 Å². The van der Waals surface area contributed by atoms with Crippen LogP contribution in [0, 0.1) is 5.92 Å². The van der Waals surface area contributed by atoms with E-state index < -0.39 is 29.6 Å². The van der Waals surface area contributed by atoms with E-state index in [4.69, 9.17) is 0 Å². The lowest BCUT2D eigenvalue weighted by molar-refractivity contribution is -0.138. The van der Waals surface area contributed by atoms with Crippen molar-refractivity contribution in [3.8, 4) is 0 Å². The molecule has 3 amide bonds. The molecule has 0 spiro atoms. The molecule has 3 atom stereocenters. The highest BCUT2D eigenvalue weighted by atomic mass is 16.2. The normalized spacial score (nSPS) is 21.5. The van der Waals surface area contributed by atoms with E-state index in [9.17, 15) is 24.0 Å². The molecule has 212 valence electrons. The number of nitrogens with one attached hydrogen (secondary N) is 3. The molecule has 3 aliphatic heterocycles. The van der Waals surface area contributed by atoms with Crippen molar-refractivity contribution >= 4 is 29.2 Å². The van der Waals surface area contributed by atoms with Gasteiger partial charge in [-0.25, -0.2) is 0 Å². The Labute approximate surface area is 232 Å². The fourth-order valence-corrected chi connectivity index (χ4v) is 5.96. The Hall–Kier alpha value is -3.99. The van der Waals surface area contributed by atoms with E-state index in [1.54, 1.807) is 12.1 Å². The molecule has 2 aromatic rings. The van der Waals surface area contributed by atoms with Crippen molar-refractivity contribution in [3.63, 3.8) is 0 Å². The van der Waals surface area contributed by atoms with Gasteiger partial charge in [0.05, 0.1) is 12.6 Å². The third-order valence-corrected chi connectivity index (χ3v) is 7.91. The number of pyridine rings is 1. The first-order valence-corrected chi connectivity index (χ1v) is 13.9. The maximum absolute atomic E-state index is 13.8. The van der Waals surface area contributed by atoms with Gasteiger partial charge in [-0.15, -0.1) is 0 Å². The maximum Gasteiger partial charge on any atom is 0.254 e. The van der Waals surface area contributed by atoms with E-state index in [2.05, 4.69) is 20.5 Å². The van der Waals surface area contributed by atoms with Gasteiger partial charge in [0.2, 0.25) is 11.5 Å². The van der Waals surface area contributed by atoms with Gasteiger partial charge in [-0.1, -0.05) is 13.8 Å². The minimum Gasteiger partial charge on any atom is -0.369 e. The van der Waals surface area contributed by atoms with Gasteiger partial charge in [-0.05, 0) is 49.1 Å². The van der Waals surface area contributed by atoms with Gasteiger partial charge < -0.3 is 30.3 Å². The summed E-state index contributed by atoms with van der Waals surface area (Å²) in [5.74, 6) is -1.16. The van der Waals surface area contributed by atoms with Crippen molar-refractivity contribution in [1.82, 2.24) is 25.4 Å². The number of ketones is 1. The fraction of sp³-hybridized carbons (Fsp3) is 0.483. The molecule has 11 nitrogen and oxygen atoms in total. The highest BCUT2D eigenvalue weighted by Crippen LogP contribution is 2.31. The second-order valence-electron chi connectivity index (χ2n) is 11.1. The van der Waals surface area contributed by atoms with Gasteiger partial charge in [0, 0.05) is 61.8 Å². The molecule has 5 rings (SSSR count). The van der Waals surface area contributed by atoms with E-state index in [0.717, 1.165) is 31.9 Å². The largest absolute Gasteiger partial charge is 0.369 e. The van der Waals surface area contributed by atoms with Crippen molar-refractivity contribution in [2.45, 2.75) is 44.8 Å². The van der Waals surface area contributed by atoms with Crippen LogP contribution in [-0.2, 0) is 9.59 Å². The molecule has 3 aliphatic rings. The first-order valence-electron chi connectivity index (χ1n) is 13.9. The first-order chi connectivity index (χ1) is 19.2. The number of aromatic amines is 1. The van der Waals surface area contributed by atoms with Crippen LogP contribution in [0.25, 0.3) is 0 Å². The second kappa shape index (κ2) is 11.6. The van der Waals surface area contributed by atoms with E-state index in [0.29, 0.717) is 24.9 Å². The van der Waals surface area contributed by atoms with Crippen LogP contribution in [0.5, 0.6) is 0 Å². The second-order valence-corrected chi connectivity index (χ2v) is 11.1. The Bertz CT molecular complexity index is 1330. The van der Waals surface area contributed by atoms with Gasteiger partial charge >= 0.3 is 0 Å². The molecular weight excluding hydrogens is 512 g/mol. The Morgan fingerprint density at radius 1 is 0.975 bits per heavy atom. The zero-order chi connectivity index (χ0) is 28.4. The number of benzene rings is 1. The number of aromatic nitrogens is 1. The summed E-state index contributed by atoms with van der Waals surface area (Å²) in [5, 5.41) is 6.24. The Morgan fingerprint density at radius 2 is 1.70 bits per heavy atom. The van der Waals surface area contributed by atoms with Crippen LogP contribution in [0.15, 0.2) is 47.4 Å². The number of rotatable bonds is 7. The topological polar surface area (TPSA) is 135 Å². The van der Waals surface area contributed by atoms with Gasteiger partial charge in [0.1, 0.15) is 12.1 Å². The molecule has 3 N–H and O–H groups in total. The van der Waals surface area contributed by atoms with E-state index in [1.165, 1.54) is 28.1 Å². The highest BCUT2D eigenvalue weighted by molar-refractivity contribution is 6.03. The van der Waals surface area contributed by atoms with Crippen molar-refractivity contribution < 1.29 is 19.2 Å².